The number of hydrogen-bond acceptors (Lipinski definition) is 2. The summed E-state index contributed by atoms with van der Waals surface area (Å²) >= 11 is 0. The Labute approximate surface area is 88.6 Å². The van der Waals surface area contributed by atoms with Gasteiger partial charge in [0.1, 0.15) is 5.82 Å². The molecule has 0 saturated carbocycles. The van der Waals surface area contributed by atoms with Crippen LogP contribution >= 0.6 is 0 Å². The Morgan fingerprint density at radius 1 is 1.40 bits per heavy atom. The maximum Gasteiger partial charge on any atom is 0.154 e. The molecule has 0 unspecified atom stereocenters. The molecule has 3 heteroatoms. The largest absolute Gasteiger partial charge is 0.260 e. The Kier molecular flexibility index (Phi) is 2.62. The lowest BCUT2D eigenvalue weighted by Gasteiger charge is -2.00. The van der Waals surface area contributed by atoms with Gasteiger partial charge >= 0.3 is 0 Å². The van der Waals surface area contributed by atoms with Crippen molar-refractivity contribution in [3.05, 3.63) is 35.1 Å². The molecule has 2 rings (SSSR count). The highest BCUT2D eigenvalue weighted by molar-refractivity contribution is 6.11. The summed E-state index contributed by atoms with van der Waals surface area (Å²) in [5.74, 6) is 0.548. The highest BCUT2D eigenvalue weighted by Crippen LogP contribution is 2.13. The zero-order valence-corrected chi connectivity index (χ0v) is 8.92. The van der Waals surface area contributed by atoms with E-state index in [1.54, 1.807) is 19.1 Å². The number of hydrogen-bond donors (Lipinski definition) is 0. The summed E-state index contributed by atoms with van der Waals surface area (Å²) in [6.45, 7) is 4.49. The molecule has 1 aromatic rings. The van der Waals surface area contributed by atoms with Gasteiger partial charge in [-0.2, -0.15) is 0 Å². The fourth-order valence-corrected chi connectivity index (χ4v) is 1.52. The third-order valence-corrected chi connectivity index (χ3v) is 2.50. The quantitative estimate of drug-likeness (QED) is 0.707. The average molecular weight is 204 g/mol. The van der Waals surface area contributed by atoms with Crippen LogP contribution in [0.3, 0.4) is 0 Å². The highest BCUT2D eigenvalue weighted by atomic mass is 19.1. The van der Waals surface area contributed by atoms with E-state index in [1.807, 2.05) is 0 Å². The van der Waals surface area contributed by atoms with E-state index in [0.29, 0.717) is 12.1 Å². The molecule has 1 aliphatic heterocycles. The summed E-state index contributed by atoms with van der Waals surface area (Å²) in [5.41, 5.74) is 2.62. The van der Waals surface area contributed by atoms with Crippen LogP contribution in [0, 0.1) is 12.7 Å². The van der Waals surface area contributed by atoms with Crippen LogP contribution in [0.15, 0.2) is 28.2 Å². The summed E-state index contributed by atoms with van der Waals surface area (Å²) < 4.78 is 13.1. The molecule has 0 aliphatic carbocycles. The smallest absolute Gasteiger partial charge is 0.154 e. The Bertz CT molecular complexity index is 447. The van der Waals surface area contributed by atoms with Crippen LogP contribution in [0.25, 0.3) is 0 Å². The molecule has 2 nitrogen and oxygen atoms in total. The molecular formula is C12H13FN2. The van der Waals surface area contributed by atoms with E-state index in [1.165, 1.54) is 6.07 Å². The first kappa shape index (κ1) is 10.0. The van der Waals surface area contributed by atoms with E-state index >= 15 is 0 Å². The van der Waals surface area contributed by atoms with Crippen LogP contribution in [-0.4, -0.2) is 18.1 Å². The van der Waals surface area contributed by atoms with E-state index in [-0.39, 0.29) is 5.82 Å². The second-order valence-electron chi connectivity index (χ2n) is 3.64. The summed E-state index contributed by atoms with van der Waals surface area (Å²) in [7, 11) is 0. The topological polar surface area (TPSA) is 24.7 Å². The molecule has 15 heavy (non-hydrogen) atoms. The number of halogens is 1. The van der Waals surface area contributed by atoms with Gasteiger partial charge in [0.15, 0.2) is 5.84 Å². The molecule has 0 atom stereocenters. The summed E-state index contributed by atoms with van der Waals surface area (Å²) in [6, 6.07) is 4.98. The van der Waals surface area contributed by atoms with Crippen molar-refractivity contribution < 1.29 is 4.39 Å². The van der Waals surface area contributed by atoms with Gasteiger partial charge in [-0.25, -0.2) is 9.38 Å². The van der Waals surface area contributed by atoms with Gasteiger partial charge in [0.2, 0.25) is 0 Å². The molecule has 1 heterocycles. The molecule has 0 spiro atoms. The van der Waals surface area contributed by atoms with Gasteiger partial charge in [-0.05, 0) is 37.1 Å². The van der Waals surface area contributed by atoms with E-state index in [4.69, 9.17) is 0 Å². The van der Waals surface area contributed by atoms with Crippen molar-refractivity contribution >= 4 is 11.5 Å². The molecule has 0 aromatic heterocycles. The molecule has 1 aromatic carbocycles. The molecule has 0 radical (unpaired) electrons. The van der Waals surface area contributed by atoms with E-state index in [0.717, 1.165) is 23.5 Å². The maximum absolute atomic E-state index is 13.1. The van der Waals surface area contributed by atoms with Gasteiger partial charge in [0, 0.05) is 11.3 Å². The zero-order valence-electron chi connectivity index (χ0n) is 8.92. The fourth-order valence-electron chi connectivity index (χ4n) is 1.52. The van der Waals surface area contributed by atoms with Gasteiger partial charge in [0.05, 0.1) is 6.54 Å². The van der Waals surface area contributed by atoms with Crippen LogP contribution in [0.4, 0.5) is 4.39 Å². The lowest BCUT2D eigenvalue weighted by molar-refractivity contribution is 0.618. The van der Waals surface area contributed by atoms with Crippen molar-refractivity contribution in [2.24, 2.45) is 9.98 Å². The highest BCUT2D eigenvalue weighted by Gasteiger charge is 2.11. The Morgan fingerprint density at radius 3 is 2.80 bits per heavy atom. The summed E-state index contributed by atoms with van der Waals surface area (Å²) in [4.78, 5) is 8.71. The maximum atomic E-state index is 13.1. The van der Waals surface area contributed by atoms with Crippen molar-refractivity contribution in [2.75, 3.05) is 6.54 Å². The molecule has 78 valence electrons. The number of benzene rings is 1. The first-order valence-corrected chi connectivity index (χ1v) is 5.08. The molecule has 0 bridgehead atoms. The van der Waals surface area contributed by atoms with E-state index in [2.05, 4.69) is 16.9 Å². The van der Waals surface area contributed by atoms with Crippen molar-refractivity contribution in [3.8, 4) is 0 Å². The monoisotopic (exact) mass is 204 g/mol. The first-order chi connectivity index (χ1) is 7.20. The van der Waals surface area contributed by atoms with Crippen LogP contribution in [-0.2, 0) is 0 Å². The second-order valence-corrected chi connectivity index (χ2v) is 3.64. The molecule has 0 N–H and O–H groups in total. The molecule has 0 fully saturated rings. The van der Waals surface area contributed by atoms with Crippen molar-refractivity contribution in [2.45, 2.75) is 20.3 Å². The molecule has 0 amide bonds. The Morgan fingerprint density at radius 2 is 2.20 bits per heavy atom. The predicted octanol–water partition coefficient (Wildman–Crippen LogP) is 2.75. The van der Waals surface area contributed by atoms with Crippen molar-refractivity contribution in [3.63, 3.8) is 0 Å². The Balaban J connectivity index is 2.32. The van der Waals surface area contributed by atoms with Crippen LogP contribution in [0.2, 0.25) is 0 Å². The minimum atomic E-state index is -0.183. The predicted molar refractivity (Wildman–Crippen MR) is 60.3 cm³/mol. The second kappa shape index (κ2) is 3.93. The van der Waals surface area contributed by atoms with Gasteiger partial charge in [-0.15, -0.1) is 0 Å². The lowest BCUT2D eigenvalue weighted by Crippen LogP contribution is -1.97. The molecule has 0 saturated heterocycles. The Hall–Kier alpha value is -1.51. The fraction of sp³-hybridized carbons (Fsp3) is 0.333. The van der Waals surface area contributed by atoms with Crippen LogP contribution in [0.5, 0.6) is 0 Å². The molecular weight excluding hydrogens is 191 g/mol. The first-order valence-electron chi connectivity index (χ1n) is 5.08. The summed E-state index contributed by atoms with van der Waals surface area (Å²) in [6.07, 6.45) is 0.924. The third-order valence-electron chi connectivity index (χ3n) is 2.50. The standard InChI is InChI=1S/C12H13FN2/c1-3-10-7-14-12(15-10)9-4-5-11(13)8(2)6-9/h4-6H,3,7H2,1-2H3. The van der Waals surface area contributed by atoms with E-state index < -0.39 is 0 Å². The summed E-state index contributed by atoms with van der Waals surface area (Å²) in [5, 5.41) is 0. The minimum Gasteiger partial charge on any atom is -0.260 e. The van der Waals surface area contributed by atoms with Crippen LogP contribution < -0.4 is 0 Å². The minimum absolute atomic E-state index is 0.183. The van der Waals surface area contributed by atoms with Crippen molar-refractivity contribution in [1.29, 1.82) is 0 Å². The van der Waals surface area contributed by atoms with E-state index in [9.17, 15) is 4.39 Å². The van der Waals surface area contributed by atoms with Crippen molar-refractivity contribution in [1.82, 2.24) is 0 Å². The number of amidine groups is 1. The zero-order chi connectivity index (χ0) is 10.8. The SMILES string of the molecule is CCC1=NC(c2ccc(F)c(C)c2)=NC1. The third kappa shape index (κ3) is 1.96. The van der Waals surface area contributed by atoms with Gasteiger partial charge in [-0.1, -0.05) is 6.92 Å². The number of nitrogens with zero attached hydrogens (tertiary/aromatic N) is 2. The van der Waals surface area contributed by atoms with Crippen LogP contribution in [0.1, 0.15) is 24.5 Å². The number of rotatable bonds is 2. The number of aryl methyl sites for hydroxylation is 1. The van der Waals surface area contributed by atoms with Gasteiger partial charge in [0.25, 0.3) is 0 Å². The average Bonchev–Trinajstić information content (AvgIpc) is 2.70. The number of aliphatic imine (C=N–C) groups is 2. The molecule has 1 aliphatic rings. The lowest BCUT2D eigenvalue weighted by atomic mass is 10.1. The normalized spacial score (nSPS) is 15.1. The van der Waals surface area contributed by atoms with Gasteiger partial charge < -0.3 is 0 Å². The van der Waals surface area contributed by atoms with Gasteiger partial charge in [-0.3, -0.25) is 4.99 Å².